The summed E-state index contributed by atoms with van der Waals surface area (Å²) in [6.45, 7) is 3.79. The van der Waals surface area contributed by atoms with E-state index in [0.29, 0.717) is 34.1 Å². The van der Waals surface area contributed by atoms with Gasteiger partial charge in [0.1, 0.15) is 11.6 Å². The molecule has 26 heavy (non-hydrogen) atoms. The fourth-order valence-electron chi connectivity index (χ4n) is 2.45. The van der Waals surface area contributed by atoms with Crippen LogP contribution in [0.5, 0.6) is 0 Å². The van der Waals surface area contributed by atoms with E-state index in [1.807, 2.05) is 44.2 Å². The van der Waals surface area contributed by atoms with E-state index in [4.69, 9.17) is 4.42 Å². The molecule has 7 nitrogen and oxygen atoms in total. The summed E-state index contributed by atoms with van der Waals surface area (Å²) in [5, 5.41) is 5.18. The Labute approximate surface area is 154 Å². The van der Waals surface area contributed by atoms with Crippen LogP contribution >= 0.6 is 11.8 Å². The summed E-state index contributed by atoms with van der Waals surface area (Å²) in [7, 11) is 0. The van der Waals surface area contributed by atoms with Crippen LogP contribution in [0, 0.1) is 13.8 Å². The lowest BCUT2D eigenvalue weighted by atomic mass is 10.3. The zero-order chi connectivity index (χ0) is 17.9. The van der Waals surface area contributed by atoms with E-state index >= 15 is 0 Å². The van der Waals surface area contributed by atoms with Crippen LogP contribution in [0.4, 0.5) is 0 Å². The van der Waals surface area contributed by atoms with Gasteiger partial charge in [-0.15, -0.1) is 5.10 Å². The highest BCUT2D eigenvalue weighted by molar-refractivity contribution is 7.98. The van der Waals surface area contributed by atoms with Gasteiger partial charge < -0.3 is 4.42 Å². The first-order chi connectivity index (χ1) is 12.7. The molecule has 0 unspecified atom stereocenters. The molecule has 130 valence electrons. The Hall–Kier alpha value is -3.00. The number of hydrogen-bond acceptors (Lipinski definition) is 7. The highest BCUT2D eigenvalue weighted by Crippen LogP contribution is 2.26. The number of pyridine rings is 1. The standard InChI is InChI=1S/C18H16N6OS/c1-12-5-3-6-16(21-12)24-17(22-13(2)23-24)15-8-7-14(25-15)11-26-18-19-9-4-10-20-18/h3-10H,11H2,1-2H3. The van der Waals surface area contributed by atoms with E-state index in [1.165, 1.54) is 11.8 Å². The molecule has 4 heterocycles. The minimum absolute atomic E-state index is 0.632. The summed E-state index contributed by atoms with van der Waals surface area (Å²) in [6, 6.07) is 11.4. The number of hydrogen-bond donors (Lipinski definition) is 0. The van der Waals surface area contributed by atoms with Gasteiger partial charge in [-0.25, -0.2) is 19.9 Å². The van der Waals surface area contributed by atoms with Gasteiger partial charge in [0.2, 0.25) is 5.82 Å². The van der Waals surface area contributed by atoms with Gasteiger partial charge in [0, 0.05) is 18.1 Å². The van der Waals surface area contributed by atoms with Gasteiger partial charge in [-0.05, 0) is 44.2 Å². The third kappa shape index (κ3) is 3.50. The lowest BCUT2D eigenvalue weighted by Gasteiger charge is -2.04. The lowest BCUT2D eigenvalue weighted by molar-refractivity contribution is 0.537. The third-order valence-corrected chi connectivity index (χ3v) is 4.47. The molecule has 0 aliphatic rings. The fraction of sp³-hybridized carbons (Fsp3) is 0.167. The van der Waals surface area contributed by atoms with Gasteiger partial charge in [0.15, 0.2) is 16.7 Å². The quantitative estimate of drug-likeness (QED) is 0.395. The Morgan fingerprint density at radius 2 is 1.85 bits per heavy atom. The molecule has 4 aromatic heterocycles. The monoisotopic (exact) mass is 364 g/mol. The molecule has 8 heteroatoms. The molecule has 0 aromatic carbocycles. The van der Waals surface area contributed by atoms with Crippen LogP contribution in [0.25, 0.3) is 17.4 Å². The van der Waals surface area contributed by atoms with Gasteiger partial charge in [-0.3, -0.25) is 0 Å². The highest BCUT2D eigenvalue weighted by atomic mass is 32.2. The van der Waals surface area contributed by atoms with Crippen molar-refractivity contribution >= 4 is 11.8 Å². The summed E-state index contributed by atoms with van der Waals surface area (Å²) in [5.74, 6) is 4.12. The molecule has 4 rings (SSSR count). The van der Waals surface area contributed by atoms with Crippen molar-refractivity contribution in [1.29, 1.82) is 0 Å². The molecule has 0 fully saturated rings. The minimum atomic E-state index is 0.632. The molecule has 0 aliphatic heterocycles. The second kappa shape index (κ2) is 7.09. The van der Waals surface area contributed by atoms with Gasteiger partial charge in [-0.1, -0.05) is 17.8 Å². The first kappa shape index (κ1) is 16.5. The summed E-state index contributed by atoms with van der Waals surface area (Å²) in [5.41, 5.74) is 0.918. The van der Waals surface area contributed by atoms with Gasteiger partial charge in [0.25, 0.3) is 0 Å². The number of furan rings is 1. The summed E-state index contributed by atoms with van der Waals surface area (Å²) in [6.07, 6.45) is 3.45. The van der Waals surface area contributed by atoms with Crippen LogP contribution in [0.3, 0.4) is 0 Å². The summed E-state index contributed by atoms with van der Waals surface area (Å²) in [4.78, 5) is 17.4. The van der Waals surface area contributed by atoms with Crippen molar-refractivity contribution in [2.75, 3.05) is 0 Å². The number of rotatable bonds is 5. The van der Waals surface area contributed by atoms with Crippen LogP contribution in [0.1, 0.15) is 17.3 Å². The topological polar surface area (TPSA) is 82.5 Å². The van der Waals surface area contributed by atoms with Crippen molar-refractivity contribution in [3.05, 3.63) is 66.1 Å². The summed E-state index contributed by atoms with van der Waals surface area (Å²) >= 11 is 1.52. The Morgan fingerprint density at radius 3 is 2.65 bits per heavy atom. The normalized spacial score (nSPS) is 11.0. The molecular formula is C18H16N6OS. The van der Waals surface area contributed by atoms with Crippen molar-refractivity contribution in [2.24, 2.45) is 0 Å². The van der Waals surface area contributed by atoms with Crippen molar-refractivity contribution in [3.8, 4) is 17.4 Å². The second-order valence-electron chi connectivity index (χ2n) is 5.62. The number of thioether (sulfide) groups is 1. The molecule has 0 aliphatic carbocycles. The molecule has 0 saturated carbocycles. The smallest absolute Gasteiger partial charge is 0.200 e. The minimum Gasteiger partial charge on any atom is -0.457 e. The number of aromatic nitrogens is 6. The second-order valence-corrected chi connectivity index (χ2v) is 6.56. The molecule has 0 N–H and O–H groups in total. The van der Waals surface area contributed by atoms with Crippen molar-refractivity contribution < 1.29 is 4.42 Å². The lowest BCUT2D eigenvalue weighted by Crippen LogP contribution is -2.02. The molecule has 0 spiro atoms. The van der Waals surface area contributed by atoms with Gasteiger partial charge in [0.05, 0.1) is 5.75 Å². The van der Waals surface area contributed by atoms with E-state index < -0.39 is 0 Å². The van der Waals surface area contributed by atoms with Gasteiger partial charge >= 0.3 is 0 Å². The molecule has 0 bridgehead atoms. The van der Waals surface area contributed by atoms with Crippen LogP contribution in [-0.4, -0.2) is 29.7 Å². The highest BCUT2D eigenvalue weighted by Gasteiger charge is 2.16. The maximum Gasteiger partial charge on any atom is 0.200 e. The van der Waals surface area contributed by atoms with E-state index in [2.05, 4.69) is 25.0 Å². The van der Waals surface area contributed by atoms with Crippen molar-refractivity contribution in [3.63, 3.8) is 0 Å². The molecular weight excluding hydrogens is 348 g/mol. The van der Waals surface area contributed by atoms with E-state index in [-0.39, 0.29) is 0 Å². The Balaban J connectivity index is 1.60. The van der Waals surface area contributed by atoms with E-state index in [0.717, 1.165) is 11.5 Å². The third-order valence-electron chi connectivity index (χ3n) is 3.57. The zero-order valence-electron chi connectivity index (χ0n) is 14.3. The number of aryl methyl sites for hydroxylation is 2. The Morgan fingerprint density at radius 1 is 1.00 bits per heavy atom. The molecule has 0 atom stereocenters. The zero-order valence-corrected chi connectivity index (χ0v) is 15.1. The SMILES string of the molecule is Cc1cccc(-n2nc(C)nc2-c2ccc(CSc3ncccn3)o2)n1. The van der Waals surface area contributed by atoms with E-state index in [9.17, 15) is 0 Å². The number of nitrogens with zero attached hydrogens (tertiary/aromatic N) is 6. The van der Waals surface area contributed by atoms with Crippen molar-refractivity contribution in [1.82, 2.24) is 29.7 Å². The maximum atomic E-state index is 5.97. The van der Waals surface area contributed by atoms with E-state index in [1.54, 1.807) is 23.1 Å². The average Bonchev–Trinajstić information content (AvgIpc) is 3.27. The largest absolute Gasteiger partial charge is 0.457 e. The Kier molecular flexibility index (Phi) is 4.49. The van der Waals surface area contributed by atoms with Crippen LogP contribution in [0.2, 0.25) is 0 Å². The van der Waals surface area contributed by atoms with Gasteiger partial charge in [-0.2, -0.15) is 4.68 Å². The van der Waals surface area contributed by atoms with Crippen LogP contribution in [0.15, 0.2) is 58.4 Å². The molecule has 0 amide bonds. The first-order valence-corrected chi connectivity index (χ1v) is 9.04. The molecule has 0 saturated heterocycles. The molecule has 0 radical (unpaired) electrons. The van der Waals surface area contributed by atoms with Crippen molar-refractivity contribution in [2.45, 2.75) is 24.8 Å². The van der Waals surface area contributed by atoms with Crippen LogP contribution in [-0.2, 0) is 5.75 Å². The predicted molar refractivity (Wildman–Crippen MR) is 97.9 cm³/mol. The molecule has 4 aromatic rings. The van der Waals surface area contributed by atoms with Crippen LogP contribution < -0.4 is 0 Å². The Bertz CT molecular complexity index is 1030. The average molecular weight is 364 g/mol. The first-order valence-electron chi connectivity index (χ1n) is 8.05. The predicted octanol–water partition coefficient (Wildman–Crippen LogP) is 3.62. The fourth-order valence-corrected chi connectivity index (χ4v) is 3.15. The summed E-state index contributed by atoms with van der Waals surface area (Å²) < 4.78 is 7.68. The maximum absolute atomic E-state index is 5.97.